The zero-order valence-electron chi connectivity index (χ0n) is 12.8. The summed E-state index contributed by atoms with van der Waals surface area (Å²) in [7, 11) is 0. The summed E-state index contributed by atoms with van der Waals surface area (Å²) in [5.74, 6) is 0.632. The van der Waals surface area contributed by atoms with Crippen molar-refractivity contribution in [2.24, 2.45) is 0 Å². The van der Waals surface area contributed by atoms with E-state index in [4.69, 9.17) is 9.47 Å². The maximum Gasteiger partial charge on any atom is 0.254 e. The van der Waals surface area contributed by atoms with Gasteiger partial charge in [0.15, 0.2) is 11.5 Å². The van der Waals surface area contributed by atoms with Crippen molar-refractivity contribution in [2.45, 2.75) is 18.6 Å². The topological polar surface area (TPSA) is 59.0 Å². The summed E-state index contributed by atoms with van der Waals surface area (Å²) in [6.45, 7) is 0.392. The van der Waals surface area contributed by atoms with Gasteiger partial charge in [-0.1, -0.05) is 12.1 Å². The van der Waals surface area contributed by atoms with Crippen LogP contribution in [0.5, 0.6) is 11.5 Å². The van der Waals surface area contributed by atoms with Crippen molar-refractivity contribution in [2.75, 3.05) is 13.3 Å². The predicted octanol–water partition coefficient (Wildman–Crippen LogP) is 2.50. The first-order valence-corrected chi connectivity index (χ1v) is 7.76. The Labute approximate surface area is 138 Å². The number of halogens is 1. The van der Waals surface area contributed by atoms with Crippen molar-refractivity contribution in [3.8, 4) is 11.5 Å². The minimum absolute atomic E-state index is 0.146. The van der Waals surface area contributed by atoms with Gasteiger partial charge in [-0.05, 0) is 42.3 Å². The molecule has 6 heteroatoms. The highest BCUT2D eigenvalue weighted by molar-refractivity contribution is 5.95. The second-order valence-corrected chi connectivity index (χ2v) is 5.98. The summed E-state index contributed by atoms with van der Waals surface area (Å²) in [6, 6.07) is 10.8. The van der Waals surface area contributed by atoms with Gasteiger partial charge in [-0.15, -0.1) is 0 Å². The quantitative estimate of drug-likeness (QED) is 0.920. The Morgan fingerprint density at radius 2 is 1.88 bits per heavy atom. The van der Waals surface area contributed by atoms with Gasteiger partial charge >= 0.3 is 0 Å². The monoisotopic (exact) mass is 329 g/mol. The lowest BCUT2D eigenvalue weighted by Crippen LogP contribution is -2.31. The zero-order valence-corrected chi connectivity index (χ0v) is 12.8. The molecule has 5 nitrogen and oxygen atoms in total. The van der Waals surface area contributed by atoms with Crippen LogP contribution in [0.4, 0.5) is 4.39 Å². The number of rotatable bonds is 2. The summed E-state index contributed by atoms with van der Waals surface area (Å²) in [4.78, 5) is 14.5. The normalized spacial score (nSPS) is 22.0. The highest BCUT2D eigenvalue weighted by atomic mass is 19.1. The van der Waals surface area contributed by atoms with Crippen molar-refractivity contribution in [1.29, 1.82) is 0 Å². The van der Waals surface area contributed by atoms with E-state index in [0.717, 1.165) is 5.56 Å². The van der Waals surface area contributed by atoms with E-state index in [1.54, 1.807) is 35.2 Å². The van der Waals surface area contributed by atoms with Crippen molar-refractivity contribution in [1.82, 2.24) is 4.90 Å². The zero-order chi connectivity index (χ0) is 16.7. The molecular formula is C18H16FNO4. The lowest BCUT2D eigenvalue weighted by atomic mass is 10.0. The Bertz CT molecular complexity index is 777. The fourth-order valence-electron chi connectivity index (χ4n) is 3.23. The highest BCUT2D eigenvalue weighted by Gasteiger charge is 2.36. The number of carbonyl (C=O) groups excluding carboxylic acids is 1. The number of ether oxygens (including phenoxy) is 2. The molecule has 1 fully saturated rings. The molecule has 4 rings (SSSR count). The first-order chi connectivity index (χ1) is 11.6. The van der Waals surface area contributed by atoms with E-state index in [1.165, 1.54) is 12.1 Å². The van der Waals surface area contributed by atoms with Crippen LogP contribution in [0.25, 0.3) is 0 Å². The van der Waals surface area contributed by atoms with Gasteiger partial charge in [-0.25, -0.2) is 4.39 Å². The van der Waals surface area contributed by atoms with Crippen LogP contribution in [0.2, 0.25) is 0 Å². The number of fused-ring (bicyclic) bond motifs is 1. The lowest BCUT2D eigenvalue weighted by molar-refractivity contribution is 0.0715. The first-order valence-electron chi connectivity index (χ1n) is 7.76. The molecule has 1 N–H and O–H groups in total. The minimum Gasteiger partial charge on any atom is -0.454 e. The molecule has 0 saturated carbocycles. The Kier molecular flexibility index (Phi) is 3.61. The van der Waals surface area contributed by atoms with Crippen molar-refractivity contribution in [3.05, 3.63) is 59.4 Å². The highest BCUT2D eigenvalue weighted by Crippen LogP contribution is 2.36. The summed E-state index contributed by atoms with van der Waals surface area (Å²) >= 11 is 0. The minimum atomic E-state index is -0.599. The van der Waals surface area contributed by atoms with Crippen LogP contribution in [0.15, 0.2) is 42.5 Å². The van der Waals surface area contributed by atoms with E-state index in [1.807, 2.05) is 0 Å². The van der Waals surface area contributed by atoms with Crippen LogP contribution in [-0.2, 0) is 0 Å². The molecule has 1 saturated heterocycles. The molecular weight excluding hydrogens is 313 g/mol. The van der Waals surface area contributed by atoms with Crippen LogP contribution in [-0.4, -0.2) is 35.4 Å². The number of amides is 1. The molecule has 0 spiro atoms. The fourth-order valence-corrected chi connectivity index (χ4v) is 3.23. The Hall–Kier alpha value is -2.60. The molecule has 1 amide bonds. The van der Waals surface area contributed by atoms with Gasteiger partial charge in [0.25, 0.3) is 5.91 Å². The second kappa shape index (κ2) is 5.79. The second-order valence-electron chi connectivity index (χ2n) is 5.98. The standard InChI is InChI=1S/C18H16FNO4/c19-13-4-1-11(2-5-13)15-8-14(21)9-20(15)18(22)12-3-6-16-17(7-12)24-10-23-16/h1-7,14-15,21H,8-10H2/t14-,15+/m0/s1. The summed E-state index contributed by atoms with van der Waals surface area (Å²) in [5, 5.41) is 10.0. The van der Waals surface area contributed by atoms with Crippen LogP contribution < -0.4 is 9.47 Å². The number of carbonyl (C=O) groups is 1. The molecule has 0 aliphatic carbocycles. The van der Waals surface area contributed by atoms with Gasteiger partial charge in [0, 0.05) is 12.1 Å². The largest absolute Gasteiger partial charge is 0.454 e. The first kappa shape index (κ1) is 15.0. The predicted molar refractivity (Wildman–Crippen MR) is 83.4 cm³/mol. The molecule has 0 radical (unpaired) electrons. The molecule has 2 aliphatic heterocycles. The number of nitrogens with zero attached hydrogens (tertiary/aromatic N) is 1. The smallest absolute Gasteiger partial charge is 0.254 e. The molecule has 2 atom stereocenters. The van der Waals surface area contributed by atoms with Gasteiger partial charge in [-0.2, -0.15) is 0 Å². The summed E-state index contributed by atoms with van der Waals surface area (Å²) in [5.41, 5.74) is 1.28. The van der Waals surface area contributed by atoms with Gasteiger partial charge in [0.1, 0.15) is 5.82 Å². The molecule has 2 heterocycles. The van der Waals surface area contributed by atoms with E-state index in [9.17, 15) is 14.3 Å². The third-order valence-corrected chi connectivity index (χ3v) is 4.41. The number of hydrogen-bond acceptors (Lipinski definition) is 4. The van der Waals surface area contributed by atoms with Gasteiger partial charge in [-0.3, -0.25) is 4.79 Å². The summed E-state index contributed by atoms with van der Waals surface area (Å²) < 4.78 is 23.7. The Balaban J connectivity index is 1.63. The Morgan fingerprint density at radius 1 is 1.12 bits per heavy atom. The molecule has 24 heavy (non-hydrogen) atoms. The van der Waals surface area contributed by atoms with E-state index in [2.05, 4.69) is 0 Å². The van der Waals surface area contributed by atoms with Gasteiger partial charge in [0.05, 0.1) is 12.1 Å². The number of aliphatic hydroxyl groups excluding tert-OH is 1. The number of likely N-dealkylation sites (tertiary alicyclic amines) is 1. The number of hydrogen-bond donors (Lipinski definition) is 1. The number of β-amino-alcohol motifs (C(OH)–C–C–N with tert-alkyl or cyclic N) is 1. The van der Waals surface area contributed by atoms with Crippen LogP contribution in [0.1, 0.15) is 28.4 Å². The summed E-state index contributed by atoms with van der Waals surface area (Å²) in [6.07, 6.45) is -0.167. The van der Waals surface area contributed by atoms with Gasteiger partial charge in [0.2, 0.25) is 6.79 Å². The SMILES string of the molecule is O=C(c1ccc2c(c1)OCO2)N1C[C@@H](O)C[C@@H]1c1ccc(F)cc1. The van der Waals surface area contributed by atoms with E-state index < -0.39 is 6.10 Å². The lowest BCUT2D eigenvalue weighted by Gasteiger charge is -2.25. The average Bonchev–Trinajstić information content (AvgIpc) is 3.20. The third kappa shape index (κ3) is 2.59. The van der Waals surface area contributed by atoms with E-state index >= 15 is 0 Å². The van der Waals surface area contributed by atoms with E-state index in [-0.39, 0.29) is 31.1 Å². The van der Waals surface area contributed by atoms with Crippen LogP contribution in [0, 0.1) is 5.82 Å². The van der Waals surface area contributed by atoms with Crippen LogP contribution in [0.3, 0.4) is 0 Å². The number of aliphatic hydroxyl groups is 1. The van der Waals surface area contributed by atoms with Crippen molar-refractivity contribution < 1.29 is 23.8 Å². The molecule has 2 aromatic carbocycles. The van der Waals surface area contributed by atoms with E-state index in [0.29, 0.717) is 23.5 Å². The Morgan fingerprint density at radius 3 is 2.67 bits per heavy atom. The fraction of sp³-hybridized carbons (Fsp3) is 0.278. The van der Waals surface area contributed by atoms with Crippen molar-refractivity contribution >= 4 is 5.91 Å². The maximum absolute atomic E-state index is 13.1. The maximum atomic E-state index is 13.1. The van der Waals surface area contributed by atoms with Gasteiger partial charge < -0.3 is 19.5 Å². The third-order valence-electron chi connectivity index (χ3n) is 4.41. The molecule has 2 aromatic rings. The molecule has 0 bridgehead atoms. The van der Waals surface area contributed by atoms with Crippen molar-refractivity contribution in [3.63, 3.8) is 0 Å². The molecule has 0 aromatic heterocycles. The van der Waals surface area contributed by atoms with Crippen LogP contribution >= 0.6 is 0 Å². The average molecular weight is 329 g/mol. The molecule has 2 aliphatic rings. The number of benzene rings is 2. The molecule has 124 valence electrons. The molecule has 0 unspecified atom stereocenters.